The molecule has 0 atom stereocenters. The number of ether oxygens (including phenoxy) is 1. The number of amides is 2. The van der Waals surface area contributed by atoms with Gasteiger partial charge in [-0.1, -0.05) is 27.5 Å². The van der Waals surface area contributed by atoms with Crippen LogP contribution in [0.2, 0.25) is 5.02 Å². The molecule has 1 heterocycles. The molecule has 0 saturated carbocycles. The van der Waals surface area contributed by atoms with Gasteiger partial charge in [-0.15, -0.1) is 0 Å². The number of rotatable bonds is 3. The van der Waals surface area contributed by atoms with E-state index in [1.165, 1.54) is 0 Å². The number of halogens is 2. The molecule has 1 aliphatic heterocycles. The van der Waals surface area contributed by atoms with Crippen LogP contribution in [0.4, 0.5) is 10.5 Å². The summed E-state index contributed by atoms with van der Waals surface area (Å²) in [7, 11) is 1.56. The zero-order chi connectivity index (χ0) is 17.3. The Bertz CT molecular complexity index is 851. The second-order valence-electron chi connectivity index (χ2n) is 4.88. The van der Waals surface area contributed by atoms with Gasteiger partial charge in [-0.05, 0) is 60.3 Å². The highest BCUT2D eigenvalue weighted by atomic mass is 79.9. The van der Waals surface area contributed by atoms with Crippen LogP contribution in [0.3, 0.4) is 0 Å². The lowest BCUT2D eigenvalue weighted by Crippen LogP contribution is -2.27. The van der Waals surface area contributed by atoms with Crippen LogP contribution in [-0.4, -0.2) is 18.3 Å². The van der Waals surface area contributed by atoms with Crippen molar-refractivity contribution in [3.8, 4) is 5.75 Å². The zero-order valence-electron chi connectivity index (χ0n) is 12.5. The average Bonchev–Trinajstić information content (AvgIpc) is 2.83. The predicted octanol–water partition coefficient (Wildman–Crippen LogP) is 5.35. The number of benzene rings is 2. The summed E-state index contributed by atoms with van der Waals surface area (Å²) in [6.07, 6.45) is 1.66. The van der Waals surface area contributed by atoms with Crippen LogP contribution >= 0.6 is 39.3 Å². The maximum absolute atomic E-state index is 12.6. The van der Waals surface area contributed by atoms with E-state index in [0.717, 1.165) is 21.1 Å². The second-order valence-corrected chi connectivity index (χ2v) is 7.23. The minimum atomic E-state index is -0.366. The van der Waals surface area contributed by atoms with E-state index in [1.54, 1.807) is 43.5 Å². The van der Waals surface area contributed by atoms with Crippen molar-refractivity contribution in [3.63, 3.8) is 0 Å². The van der Waals surface area contributed by atoms with E-state index >= 15 is 0 Å². The fraction of sp³-hybridized carbons (Fsp3) is 0.0588. The number of methoxy groups -OCH3 is 1. The molecule has 4 nitrogen and oxygen atoms in total. The Morgan fingerprint density at radius 1 is 1.17 bits per heavy atom. The van der Waals surface area contributed by atoms with Crippen LogP contribution in [0.5, 0.6) is 5.75 Å². The third-order valence-electron chi connectivity index (χ3n) is 3.36. The highest BCUT2D eigenvalue weighted by Gasteiger charge is 2.36. The molecular weight excluding hydrogens is 414 g/mol. The molecule has 0 N–H and O–H groups in total. The summed E-state index contributed by atoms with van der Waals surface area (Å²) >= 11 is 10.1. The van der Waals surface area contributed by atoms with Crippen molar-refractivity contribution in [1.82, 2.24) is 0 Å². The molecule has 0 bridgehead atoms. The molecule has 0 unspecified atom stereocenters. The van der Waals surface area contributed by atoms with Crippen LogP contribution < -0.4 is 9.64 Å². The smallest absolute Gasteiger partial charge is 0.298 e. The molecular formula is C17H11BrClNO3S. The molecule has 0 radical (unpaired) electrons. The molecule has 0 aliphatic carbocycles. The highest BCUT2D eigenvalue weighted by Crippen LogP contribution is 2.37. The van der Waals surface area contributed by atoms with Gasteiger partial charge in [-0.25, -0.2) is 4.90 Å². The minimum Gasteiger partial charge on any atom is -0.496 e. The molecule has 7 heteroatoms. The van der Waals surface area contributed by atoms with Gasteiger partial charge in [0.05, 0.1) is 17.7 Å². The van der Waals surface area contributed by atoms with E-state index in [4.69, 9.17) is 16.3 Å². The maximum atomic E-state index is 12.6. The van der Waals surface area contributed by atoms with Crippen LogP contribution in [0, 0.1) is 0 Å². The van der Waals surface area contributed by atoms with Gasteiger partial charge in [0.1, 0.15) is 5.75 Å². The first-order valence-electron chi connectivity index (χ1n) is 6.86. The summed E-state index contributed by atoms with van der Waals surface area (Å²) in [6, 6.07) is 12.0. The summed E-state index contributed by atoms with van der Waals surface area (Å²) < 4.78 is 6.15. The van der Waals surface area contributed by atoms with Crippen molar-refractivity contribution < 1.29 is 14.3 Å². The average molecular weight is 425 g/mol. The van der Waals surface area contributed by atoms with Crippen LogP contribution in [-0.2, 0) is 4.79 Å². The zero-order valence-corrected chi connectivity index (χ0v) is 15.6. The molecule has 1 aliphatic rings. The van der Waals surface area contributed by atoms with Gasteiger partial charge in [0, 0.05) is 15.1 Å². The number of anilines is 1. The van der Waals surface area contributed by atoms with Crippen molar-refractivity contribution in [3.05, 3.63) is 62.4 Å². The van der Waals surface area contributed by atoms with Gasteiger partial charge in [0.25, 0.3) is 11.1 Å². The second kappa shape index (κ2) is 7.01. The van der Waals surface area contributed by atoms with Crippen molar-refractivity contribution in [2.75, 3.05) is 12.0 Å². The third kappa shape index (κ3) is 3.36. The summed E-state index contributed by atoms with van der Waals surface area (Å²) in [5.41, 5.74) is 1.21. The van der Waals surface area contributed by atoms with Crippen molar-refractivity contribution in [2.45, 2.75) is 0 Å². The molecule has 2 aromatic carbocycles. The van der Waals surface area contributed by atoms with E-state index in [2.05, 4.69) is 15.9 Å². The van der Waals surface area contributed by atoms with Gasteiger partial charge < -0.3 is 4.74 Å². The van der Waals surface area contributed by atoms with Gasteiger partial charge in [-0.2, -0.15) is 0 Å². The monoisotopic (exact) mass is 423 g/mol. The van der Waals surface area contributed by atoms with E-state index in [9.17, 15) is 9.59 Å². The lowest BCUT2D eigenvalue weighted by Gasteiger charge is -2.12. The molecule has 0 spiro atoms. The molecule has 3 rings (SSSR count). The number of carbonyl (C=O) groups is 2. The molecule has 1 fully saturated rings. The summed E-state index contributed by atoms with van der Waals surface area (Å²) in [4.78, 5) is 26.3. The van der Waals surface area contributed by atoms with E-state index in [1.807, 2.05) is 12.1 Å². The van der Waals surface area contributed by atoms with E-state index < -0.39 is 0 Å². The number of thioether (sulfide) groups is 1. The van der Waals surface area contributed by atoms with Crippen LogP contribution in [0.1, 0.15) is 5.56 Å². The molecule has 24 heavy (non-hydrogen) atoms. The van der Waals surface area contributed by atoms with E-state index in [-0.39, 0.29) is 11.1 Å². The fourth-order valence-electron chi connectivity index (χ4n) is 2.24. The number of hydrogen-bond acceptors (Lipinski definition) is 4. The topological polar surface area (TPSA) is 46.6 Å². The van der Waals surface area contributed by atoms with Gasteiger partial charge in [0.2, 0.25) is 0 Å². The Labute approximate surface area is 156 Å². The Hall–Kier alpha value is -1.76. The SMILES string of the molecule is COc1ccc(Br)cc1/C=C1\SC(=O)N(c2ccc(Cl)cc2)C1=O. The van der Waals surface area contributed by atoms with Gasteiger partial charge in [0.15, 0.2) is 0 Å². The molecule has 122 valence electrons. The lowest BCUT2D eigenvalue weighted by molar-refractivity contribution is -0.113. The predicted molar refractivity (Wildman–Crippen MR) is 101 cm³/mol. The summed E-state index contributed by atoms with van der Waals surface area (Å²) in [6.45, 7) is 0. The van der Waals surface area contributed by atoms with Gasteiger partial charge in [-0.3, -0.25) is 9.59 Å². The first-order valence-corrected chi connectivity index (χ1v) is 8.85. The summed E-state index contributed by atoms with van der Waals surface area (Å²) in [5.74, 6) is 0.255. The van der Waals surface area contributed by atoms with Crippen molar-refractivity contribution in [1.29, 1.82) is 0 Å². The number of nitrogens with zero attached hydrogens (tertiary/aromatic N) is 1. The quantitative estimate of drug-likeness (QED) is 0.623. The molecule has 0 aromatic heterocycles. The summed E-state index contributed by atoms with van der Waals surface area (Å²) in [5, 5.41) is 0.197. The van der Waals surface area contributed by atoms with Crippen LogP contribution in [0.15, 0.2) is 51.8 Å². The minimum absolute atomic E-state index is 0.339. The van der Waals surface area contributed by atoms with Crippen molar-refractivity contribution in [2.24, 2.45) is 0 Å². The van der Waals surface area contributed by atoms with Gasteiger partial charge >= 0.3 is 0 Å². The maximum Gasteiger partial charge on any atom is 0.298 e. The Morgan fingerprint density at radius 2 is 1.88 bits per heavy atom. The largest absolute Gasteiger partial charge is 0.496 e. The first kappa shape index (κ1) is 17.1. The number of imide groups is 1. The van der Waals surface area contributed by atoms with Crippen LogP contribution in [0.25, 0.3) is 6.08 Å². The first-order chi connectivity index (χ1) is 11.5. The standard InChI is InChI=1S/C17H11BrClNO3S/c1-23-14-7-2-11(18)8-10(14)9-15-16(21)20(17(22)24-15)13-5-3-12(19)4-6-13/h2-9H,1H3/b15-9-. The van der Waals surface area contributed by atoms with Crippen molar-refractivity contribution >= 4 is 62.2 Å². The highest BCUT2D eigenvalue weighted by molar-refractivity contribution is 9.10. The molecule has 2 amide bonds. The fourth-order valence-corrected chi connectivity index (χ4v) is 3.58. The Kier molecular flexibility index (Phi) is 4.99. The molecule has 2 aromatic rings. The Morgan fingerprint density at radius 3 is 2.54 bits per heavy atom. The normalized spacial score (nSPS) is 16.1. The number of hydrogen-bond donors (Lipinski definition) is 0. The third-order valence-corrected chi connectivity index (χ3v) is 4.97. The lowest BCUT2D eigenvalue weighted by atomic mass is 10.2. The molecule has 1 saturated heterocycles. The number of carbonyl (C=O) groups excluding carboxylic acids is 2. The Balaban J connectivity index is 1.97. The van der Waals surface area contributed by atoms with E-state index in [0.29, 0.717) is 26.9 Å².